The van der Waals surface area contributed by atoms with Crippen molar-refractivity contribution in [1.29, 1.82) is 0 Å². The van der Waals surface area contributed by atoms with Gasteiger partial charge in [-0.2, -0.15) is 0 Å². The van der Waals surface area contributed by atoms with Crippen LogP contribution in [0.15, 0.2) is 24.3 Å². The molecule has 0 aliphatic carbocycles. The van der Waals surface area contributed by atoms with Crippen LogP contribution >= 0.6 is 0 Å². The Hall–Kier alpha value is -1.88. The standard InChI is InChI=1S/C17H23NO4/c1-11(2)17(21)22-14-5-3-4-12(8-14)9-15(16(19)20)13-6-7-18-10-13/h3-5,8,11,13,15,18H,6-7,9-10H2,1-2H3,(H,19,20). The van der Waals surface area contributed by atoms with Crippen molar-refractivity contribution in [2.75, 3.05) is 13.1 Å². The lowest BCUT2D eigenvalue weighted by Gasteiger charge is -2.19. The molecule has 0 spiro atoms. The molecule has 0 radical (unpaired) electrons. The summed E-state index contributed by atoms with van der Waals surface area (Å²) < 4.78 is 5.29. The van der Waals surface area contributed by atoms with Gasteiger partial charge < -0.3 is 15.2 Å². The van der Waals surface area contributed by atoms with E-state index in [1.54, 1.807) is 32.0 Å². The number of ether oxygens (including phenoxy) is 1. The zero-order valence-electron chi connectivity index (χ0n) is 13.0. The SMILES string of the molecule is CC(C)C(=O)Oc1cccc(CC(C(=O)O)C2CCNC2)c1. The number of aliphatic carboxylic acids is 1. The Morgan fingerprint density at radius 1 is 1.41 bits per heavy atom. The van der Waals surface area contributed by atoms with Gasteiger partial charge in [0.05, 0.1) is 11.8 Å². The molecule has 1 aromatic carbocycles. The Balaban J connectivity index is 2.07. The summed E-state index contributed by atoms with van der Waals surface area (Å²) in [6, 6.07) is 7.16. The fraction of sp³-hybridized carbons (Fsp3) is 0.529. The van der Waals surface area contributed by atoms with Crippen molar-refractivity contribution in [3.63, 3.8) is 0 Å². The highest BCUT2D eigenvalue weighted by Gasteiger charge is 2.30. The van der Waals surface area contributed by atoms with E-state index in [0.29, 0.717) is 12.2 Å². The molecule has 1 aliphatic heterocycles. The zero-order valence-corrected chi connectivity index (χ0v) is 13.0. The van der Waals surface area contributed by atoms with E-state index in [1.165, 1.54) is 0 Å². The number of hydrogen-bond donors (Lipinski definition) is 2. The summed E-state index contributed by atoms with van der Waals surface area (Å²) in [4.78, 5) is 23.2. The van der Waals surface area contributed by atoms with Gasteiger partial charge in [0.2, 0.25) is 0 Å². The van der Waals surface area contributed by atoms with E-state index in [4.69, 9.17) is 4.74 Å². The molecule has 1 fully saturated rings. The van der Waals surface area contributed by atoms with Crippen LogP contribution in [0.4, 0.5) is 0 Å². The normalized spacial score (nSPS) is 19.1. The number of benzene rings is 1. The molecule has 120 valence electrons. The number of carboxylic acid groups (broad SMARTS) is 1. The summed E-state index contributed by atoms with van der Waals surface area (Å²) in [5.41, 5.74) is 0.883. The highest BCUT2D eigenvalue weighted by Crippen LogP contribution is 2.25. The summed E-state index contributed by atoms with van der Waals surface area (Å²) >= 11 is 0. The van der Waals surface area contributed by atoms with Crippen molar-refractivity contribution in [3.05, 3.63) is 29.8 Å². The molecule has 22 heavy (non-hydrogen) atoms. The highest BCUT2D eigenvalue weighted by molar-refractivity contribution is 5.74. The van der Waals surface area contributed by atoms with Gasteiger partial charge in [0.15, 0.2) is 0 Å². The number of rotatable bonds is 6. The predicted octanol–water partition coefficient (Wildman–Crippen LogP) is 2.10. The Kier molecular flexibility index (Phi) is 5.55. The molecule has 2 atom stereocenters. The van der Waals surface area contributed by atoms with E-state index in [9.17, 15) is 14.7 Å². The van der Waals surface area contributed by atoms with Crippen LogP contribution in [-0.4, -0.2) is 30.1 Å². The summed E-state index contributed by atoms with van der Waals surface area (Å²) in [6.45, 7) is 5.18. The van der Waals surface area contributed by atoms with Gasteiger partial charge in [-0.3, -0.25) is 9.59 Å². The fourth-order valence-corrected chi connectivity index (χ4v) is 2.70. The zero-order chi connectivity index (χ0) is 16.1. The molecule has 5 heteroatoms. The second kappa shape index (κ2) is 7.40. The van der Waals surface area contributed by atoms with E-state index < -0.39 is 11.9 Å². The number of esters is 1. The van der Waals surface area contributed by atoms with Crippen LogP contribution in [0.3, 0.4) is 0 Å². The van der Waals surface area contributed by atoms with Gasteiger partial charge in [-0.15, -0.1) is 0 Å². The molecule has 0 saturated carbocycles. The molecule has 2 unspecified atom stereocenters. The van der Waals surface area contributed by atoms with Crippen molar-refractivity contribution >= 4 is 11.9 Å². The largest absolute Gasteiger partial charge is 0.481 e. The third-order valence-corrected chi connectivity index (χ3v) is 4.03. The molecule has 0 amide bonds. The maximum atomic E-state index is 11.6. The molecular formula is C17H23NO4. The van der Waals surface area contributed by atoms with Crippen LogP contribution in [0.25, 0.3) is 0 Å². The lowest BCUT2D eigenvalue weighted by atomic mass is 9.86. The quantitative estimate of drug-likeness (QED) is 0.622. The van der Waals surface area contributed by atoms with Crippen LogP contribution in [0, 0.1) is 17.8 Å². The first kappa shape index (κ1) is 16.5. The molecule has 5 nitrogen and oxygen atoms in total. The number of carbonyl (C=O) groups excluding carboxylic acids is 1. The van der Waals surface area contributed by atoms with Gasteiger partial charge >= 0.3 is 11.9 Å². The van der Waals surface area contributed by atoms with Crippen molar-refractivity contribution < 1.29 is 19.4 Å². The van der Waals surface area contributed by atoms with Crippen LogP contribution in [-0.2, 0) is 16.0 Å². The van der Waals surface area contributed by atoms with Crippen LogP contribution in [0.2, 0.25) is 0 Å². The Labute approximate surface area is 130 Å². The smallest absolute Gasteiger partial charge is 0.313 e. The van der Waals surface area contributed by atoms with Gasteiger partial charge in [-0.05, 0) is 49.5 Å². The minimum absolute atomic E-state index is 0.152. The van der Waals surface area contributed by atoms with E-state index in [1.807, 2.05) is 6.07 Å². The van der Waals surface area contributed by atoms with Gasteiger partial charge in [0.25, 0.3) is 0 Å². The second-order valence-corrected chi connectivity index (χ2v) is 6.12. The molecule has 2 N–H and O–H groups in total. The van der Waals surface area contributed by atoms with Gasteiger partial charge in [-0.25, -0.2) is 0 Å². The number of carbonyl (C=O) groups is 2. The van der Waals surface area contributed by atoms with Crippen molar-refractivity contribution in [3.8, 4) is 5.75 Å². The van der Waals surface area contributed by atoms with Gasteiger partial charge in [0.1, 0.15) is 5.75 Å². The van der Waals surface area contributed by atoms with E-state index in [-0.39, 0.29) is 17.8 Å². The summed E-state index contributed by atoms with van der Waals surface area (Å²) in [5.74, 6) is -1.03. The Morgan fingerprint density at radius 2 is 2.18 bits per heavy atom. The molecular weight excluding hydrogens is 282 g/mol. The number of nitrogens with one attached hydrogen (secondary N) is 1. The molecule has 1 aromatic rings. The lowest BCUT2D eigenvalue weighted by Crippen LogP contribution is -2.27. The summed E-state index contributed by atoms with van der Waals surface area (Å²) in [6.07, 6.45) is 1.34. The lowest BCUT2D eigenvalue weighted by molar-refractivity contribution is -0.143. The Bertz CT molecular complexity index is 535. The second-order valence-electron chi connectivity index (χ2n) is 6.12. The van der Waals surface area contributed by atoms with Crippen molar-refractivity contribution in [2.45, 2.75) is 26.7 Å². The molecule has 1 aliphatic rings. The molecule has 2 rings (SSSR count). The topological polar surface area (TPSA) is 75.6 Å². The number of hydrogen-bond acceptors (Lipinski definition) is 4. The van der Waals surface area contributed by atoms with E-state index in [0.717, 1.165) is 25.1 Å². The summed E-state index contributed by atoms with van der Waals surface area (Å²) in [7, 11) is 0. The predicted molar refractivity (Wildman–Crippen MR) is 82.7 cm³/mol. The minimum atomic E-state index is -0.765. The van der Waals surface area contributed by atoms with E-state index >= 15 is 0 Å². The first-order chi connectivity index (χ1) is 10.5. The maximum Gasteiger partial charge on any atom is 0.313 e. The minimum Gasteiger partial charge on any atom is -0.481 e. The van der Waals surface area contributed by atoms with Crippen molar-refractivity contribution in [1.82, 2.24) is 5.32 Å². The highest BCUT2D eigenvalue weighted by atomic mass is 16.5. The maximum absolute atomic E-state index is 11.6. The molecule has 0 aromatic heterocycles. The fourth-order valence-electron chi connectivity index (χ4n) is 2.70. The monoisotopic (exact) mass is 305 g/mol. The average Bonchev–Trinajstić information content (AvgIpc) is 2.98. The average molecular weight is 305 g/mol. The molecule has 1 saturated heterocycles. The van der Waals surface area contributed by atoms with Gasteiger partial charge in [0, 0.05) is 0 Å². The first-order valence-corrected chi connectivity index (χ1v) is 7.71. The van der Waals surface area contributed by atoms with Gasteiger partial charge in [-0.1, -0.05) is 26.0 Å². The van der Waals surface area contributed by atoms with Crippen LogP contribution < -0.4 is 10.1 Å². The Morgan fingerprint density at radius 3 is 2.77 bits per heavy atom. The summed E-state index contributed by atoms with van der Waals surface area (Å²) in [5, 5.41) is 12.7. The van der Waals surface area contributed by atoms with Crippen molar-refractivity contribution in [2.24, 2.45) is 17.8 Å². The third kappa shape index (κ3) is 4.31. The van der Waals surface area contributed by atoms with Crippen LogP contribution in [0.5, 0.6) is 5.75 Å². The van der Waals surface area contributed by atoms with Crippen LogP contribution in [0.1, 0.15) is 25.8 Å². The van der Waals surface area contributed by atoms with E-state index in [2.05, 4.69) is 5.32 Å². The first-order valence-electron chi connectivity index (χ1n) is 7.71. The molecule has 0 bridgehead atoms. The molecule has 1 heterocycles. The third-order valence-electron chi connectivity index (χ3n) is 4.03. The number of carboxylic acids is 1.